The second-order valence-corrected chi connectivity index (χ2v) is 6.95. The van der Waals surface area contributed by atoms with Crippen molar-refractivity contribution < 1.29 is 14.3 Å². The van der Waals surface area contributed by atoms with E-state index in [1.54, 1.807) is 30.3 Å². The number of imide groups is 1. The minimum atomic E-state index is -0.472. The second kappa shape index (κ2) is 6.75. The average molecular weight is 363 g/mol. The van der Waals surface area contributed by atoms with Gasteiger partial charge in [-0.25, -0.2) is 4.90 Å². The molecule has 1 aliphatic heterocycles. The highest BCUT2D eigenvalue weighted by molar-refractivity contribution is 8.00. The average Bonchev–Trinajstić information content (AvgIpc) is 2.81. The fourth-order valence-electron chi connectivity index (χ4n) is 2.51. The Balaban J connectivity index is 1.82. The van der Waals surface area contributed by atoms with Crippen LogP contribution in [0.5, 0.6) is 5.75 Å². The van der Waals surface area contributed by atoms with Crippen LogP contribution in [0.1, 0.15) is 6.42 Å². The topological polar surface area (TPSA) is 72.6 Å². The fourth-order valence-corrected chi connectivity index (χ4v) is 3.89. The Morgan fingerprint density at radius 1 is 1.25 bits per heavy atom. The number of benzene rings is 2. The number of thioether (sulfide) groups is 1. The number of anilines is 2. The van der Waals surface area contributed by atoms with Crippen LogP contribution < -0.4 is 15.4 Å². The molecule has 0 spiro atoms. The van der Waals surface area contributed by atoms with Gasteiger partial charge in [-0.3, -0.25) is 9.59 Å². The van der Waals surface area contributed by atoms with E-state index < -0.39 is 5.25 Å². The number of rotatable bonds is 4. The molecule has 1 heterocycles. The summed E-state index contributed by atoms with van der Waals surface area (Å²) in [6, 6.07) is 12.1. The minimum Gasteiger partial charge on any atom is -0.495 e. The normalized spacial score (nSPS) is 17.4. The highest BCUT2D eigenvalue weighted by Gasteiger charge is 2.40. The van der Waals surface area contributed by atoms with Crippen LogP contribution in [0.4, 0.5) is 11.4 Å². The first-order valence-electron chi connectivity index (χ1n) is 7.22. The highest BCUT2D eigenvalue weighted by Crippen LogP contribution is 2.36. The molecule has 0 saturated carbocycles. The molecule has 5 nitrogen and oxygen atoms in total. The van der Waals surface area contributed by atoms with Crippen LogP contribution in [0, 0.1) is 0 Å². The second-order valence-electron chi connectivity index (χ2n) is 5.27. The molecular formula is C17H15ClN2O3S. The van der Waals surface area contributed by atoms with Gasteiger partial charge in [0.05, 0.1) is 23.1 Å². The maximum Gasteiger partial charge on any atom is 0.247 e. The van der Waals surface area contributed by atoms with Gasteiger partial charge in [-0.1, -0.05) is 17.7 Å². The van der Waals surface area contributed by atoms with Crippen molar-refractivity contribution in [1.82, 2.24) is 0 Å². The number of methoxy groups -OCH3 is 1. The third kappa shape index (κ3) is 3.20. The summed E-state index contributed by atoms with van der Waals surface area (Å²) in [6.07, 6.45) is 0.141. The van der Waals surface area contributed by atoms with Crippen molar-refractivity contribution in [1.29, 1.82) is 0 Å². The number of carbonyl (C=O) groups is 2. The summed E-state index contributed by atoms with van der Waals surface area (Å²) < 4.78 is 5.09. The molecule has 1 saturated heterocycles. The number of nitrogen functional groups attached to an aromatic ring is 1. The van der Waals surface area contributed by atoms with E-state index in [1.807, 2.05) is 12.1 Å². The van der Waals surface area contributed by atoms with Gasteiger partial charge in [0.2, 0.25) is 11.8 Å². The molecule has 3 rings (SSSR count). The van der Waals surface area contributed by atoms with E-state index in [0.29, 0.717) is 22.1 Å². The SMILES string of the molecule is COc1ccc(N2C(=O)C[C@H](Sc3cccc(N)c3)C2=O)cc1Cl. The van der Waals surface area contributed by atoms with Gasteiger partial charge in [-0.05, 0) is 36.4 Å². The molecule has 2 aromatic rings. The van der Waals surface area contributed by atoms with Crippen molar-refractivity contribution in [3.8, 4) is 5.75 Å². The van der Waals surface area contributed by atoms with E-state index >= 15 is 0 Å². The van der Waals surface area contributed by atoms with Crippen LogP contribution in [0.25, 0.3) is 0 Å². The summed E-state index contributed by atoms with van der Waals surface area (Å²) in [5, 5.41) is -0.122. The monoisotopic (exact) mass is 362 g/mol. The number of nitrogens with zero attached hydrogens (tertiary/aromatic N) is 1. The number of hydrogen-bond acceptors (Lipinski definition) is 5. The van der Waals surface area contributed by atoms with Gasteiger partial charge in [0, 0.05) is 17.0 Å². The summed E-state index contributed by atoms with van der Waals surface area (Å²) in [4.78, 5) is 27.0. The molecule has 124 valence electrons. The third-order valence-electron chi connectivity index (χ3n) is 3.64. The van der Waals surface area contributed by atoms with Crippen LogP contribution in [0.2, 0.25) is 5.02 Å². The molecule has 2 amide bonds. The van der Waals surface area contributed by atoms with Gasteiger partial charge < -0.3 is 10.5 Å². The lowest BCUT2D eigenvalue weighted by Gasteiger charge is -2.16. The number of carbonyl (C=O) groups excluding carboxylic acids is 2. The number of ether oxygens (including phenoxy) is 1. The predicted octanol–water partition coefficient (Wildman–Crippen LogP) is 3.36. The standard InChI is InChI=1S/C17H15ClN2O3S/c1-23-14-6-5-11(8-13(14)18)20-16(21)9-15(17(20)22)24-12-4-2-3-10(19)7-12/h2-8,15H,9,19H2,1H3/t15-/m0/s1. The quantitative estimate of drug-likeness (QED) is 0.667. The fraction of sp³-hybridized carbons (Fsp3) is 0.176. The van der Waals surface area contributed by atoms with Crippen molar-refractivity contribution in [3.05, 3.63) is 47.5 Å². The van der Waals surface area contributed by atoms with E-state index in [9.17, 15) is 9.59 Å². The number of halogens is 1. The Kier molecular flexibility index (Phi) is 4.69. The third-order valence-corrected chi connectivity index (χ3v) is 5.11. The highest BCUT2D eigenvalue weighted by atomic mass is 35.5. The van der Waals surface area contributed by atoms with Gasteiger partial charge in [0.25, 0.3) is 0 Å². The van der Waals surface area contributed by atoms with Gasteiger partial charge in [0.15, 0.2) is 0 Å². The van der Waals surface area contributed by atoms with Gasteiger partial charge in [-0.15, -0.1) is 11.8 Å². The number of hydrogen-bond donors (Lipinski definition) is 1. The van der Waals surface area contributed by atoms with E-state index in [0.717, 1.165) is 4.90 Å². The van der Waals surface area contributed by atoms with Crippen molar-refractivity contribution >= 4 is 46.6 Å². The van der Waals surface area contributed by atoms with Crippen molar-refractivity contribution in [2.45, 2.75) is 16.6 Å². The van der Waals surface area contributed by atoms with Crippen molar-refractivity contribution in [2.24, 2.45) is 0 Å². The Hall–Kier alpha value is -2.18. The lowest BCUT2D eigenvalue weighted by atomic mass is 10.3. The van der Waals surface area contributed by atoms with Gasteiger partial charge in [0.1, 0.15) is 5.75 Å². The van der Waals surface area contributed by atoms with Crippen molar-refractivity contribution in [3.63, 3.8) is 0 Å². The lowest BCUT2D eigenvalue weighted by Crippen LogP contribution is -2.31. The number of amides is 2. The van der Waals surface area contributed by atoms with Crippen LogP contribution in [0.15, 0.2) is 47.4 Å². The minimum absolute atomic E-state index is 0.141. The summed E-state index contributed by atoms with van der Waals surface area (Å²) in [5.74, 6) is -0.0125. The molecule has 0 aliphatic carbocycles. The maximum atomic E-state index is 12.7. The maximum absolute atomic E-state index is 12.7. The Labute approximate surface area is 148 Å². The molecule has 1 fully saturated rings. The first-order chi connectivity index (χ1) is 11.5. The smallest absolute Gasteiger partial charge is 0.247 e. The molecule has 0 aromatic heterocycles. The van der Waals surface area contributed by atoms with Crippen LogP contribution in [-0.2, 0) is 9.59 Å². The molecule has 1 atom stereocenters. The van der Waals surface area contributed by atoms with E-state index in [2.05, 4.69) is 0 Å². The first-order valence-corrected chi connectivity index (χ1v) is 8.48. The summed E-state index contributed by atoms with van der Waals surface area (Å²) >= 11 is 7.43. The summed E-state index contributed by atoms with van der Waals surface area (Å²) in [7, 11) is 1.51. The molecule has 2 aromatic carbocycles. The Morgan fingerprint density at radius 2 is 2.04 bits per heavy atom. The molecule has 0 unspecified atom stereocenters. The van der Waals surface area contributed by atoms with E-state index in [4.69, 9.17) is 22.1 Å². The zero-order valence-corrected chi connectivity index (χ0v) is 14.4. The molecule has 7 heteroatoms. The molecule has 0 bridgehead atoms. The van der Waals surface area contributed by atoms with Gasteiger partial charge >= 0.3 is 0 Å². The number of nitrogens with two attached hydrogens (primary N) is 1. The van der Waals surface area contributed by atoms with E-state index in [1.165, 1.54) is 23.8 Å². The lowest BCUT2D eigenvalue weighted by molar-refractivity contribution is -0.121. The zero-order chi connectivity index (χ0) is 17.3. The van der Waals surface area contributed by atoms with Crippen LogP contribution >= 0.6 is 23.4 Å². The summed E-state index contributed by atoms with van der Waals surface area (Å²) in [5.41, 5.74) is 6.83. The van der Waals surface area contributed by atoms with Crippen molar-refractivity contribution in [2.75, 3.05) is 17.7 Å². The summed E-state index contributed by atoms with van der Waals surface area (Å²) in [6.45, 7) is 0. The van der Waals surface area contributed by atoms with Gasteiger partial charge in [-0.2, -0.15) is 0 Å². The Bertz CT molecular complexity index is 812. The molecular weight excluding hydrogens is 348 g/mol. The molecule has 0 radical (unpaired) electrons. The predicted molar refractivity (Wildman–Crippen MR) is 95.6 cm³/mol. The largest absolute Gasteiger partial charge is 0.495 e. The zero-order valence-electron chi connectivity index (χ0n) is 12.9. The Morgan fingerprint density at radius 3 is 2.71 bits per heavy atom. The first kappa shape index (κ1) is 16.7. The van der Waals surface area contributed by atoms with Crippen LogP contribution in [0.3, 0.4) is 0 Å². The van der Waals surface area contributed by atoms with Crippen LogP contribution in [-0.4, -0.2) is 24.2 Å². The molecule has 24 heavy (non-hydrogen) atoms. The molecule has 2 N–H and O–H groups in total. The van der Waals surface area contributed by atoms with E-state index in [-0.39, 0.29) is 18.2 Å². The molecule has 1 aliphatic rings.